The van der Waals surface area contributed by atoms with E-state index >= 15 is 0 Å². The standard InChI is InChI=1S/C15H16N4O2/c1-15(2,3)13-9(7-16)8-19(18-13)10-4-5-11(14(17)21)12(20)6-10/h4-6,8,20H,1-3H3,(H2,17,21). The van der Waals surface area contributed by atoms with Gasteiger partial charge in [0.1, 0.15) is 11.8 Å². The van der Waals surface area contributed by atoms with Crippen molar-refractivity contribution in [2.75, 3.05) is 0 Å². The highest BCUT2D eigenvalue weighted by Gasteiger charge is 2.23. The van der Waals surface area contributed by atoms with Crippen LogP contribution < -0.4 is 5.73 Å². The quantitative estimate of drug-likeness (QED) is 0.877. The highest BCUT2D eigenvalue weighted by molar-refractivity contribution is 5.95. The molecule has 0 saturated carbocycles. The molecule has 0 radical (unpaired) electrons. The number of carbonyl (C=O) groups excluding carboxylic acids is 1. The smallest absolute Gasteiger partial charge is 0.252 e. The number of nitrogens with two attached hydrogens (primary N) is 1. The molecule has 1 heterocycles. The summed E-state index contributed by atoms with van der Waals surface area (Å²) >= 11 is 0. The maximum absolute atomic E-state index is 11.1. The van der Waals surface area contributed by atoms with Crippen LogP contribution in [-0.2, 0) is 5.41 Å². The van der Waals surface area contributed by atoms with Crippen LogP contribution in [0.3, 0.4) is 0 Å². The molecule has 21 heavy (non-hydrogen) atoms. The van der Waals surface area contributed by atoms with E-state index in [0.29, 0.717) is 16.9 Å². The number of hydrogen-bond donors (Lipinski definition) is 2. The third-order valence-electron chi connectivity index (χ3n) is 3.06. The minimum Gasteiger partial charge on any atom is -0.507 e. The number of benzene rings is 1. The molecule has 6 heteroatoms. The number of carbonyl (C=O) groups is 1. The van der Waals surface area contributed by atoms with Crippen molar-refractivity contribution in [2.24, 2.45) is 5.73 Å². The second kappa shape index (κ2) is 4.94. The Balaban J connectivity index is 2.54. The van der Waals surface area contributed by atoms with E-state index in [9.17, 15) is 15.2 Å². The van der Waals surface area contributed by atoms with E-state index in [-0.39, 0.29) is 16.7 Å². The van der Waals surface area contributed by atoms with Gasteiger partial charge < -0.3 is 10.8 Å². The fourth-order valence-corrected chi connectivity index (χ4v) is 2.01. The van der Waals surface area contributed by atoms with Crippen molar-refractivity contribution in [3.8, 4) is 17.5 Å². The minimum absolute atomic E-state index is 0.0439. The van der Waals surface area contributed by atoms with E-state index in [1.165, 1.54) is 16.8 Å². The van der Waals surface area contributed by atoms with Crippen molar-refractivity contribution in [1.82, 2.24) is 9.78 Å². The number of aromatic hydroxyl groups is 1. The van der Waals surface area contributed by atoms with Crippen LogP contribution in [0.25, 0.3) is 5.69 Å². The Hall–Kier alpha value is -2.81. The Bertz CT molecular complexity index is 748. The molecule has 0 fully saturated rings. The summed E-state index contributed by atoms with van der Waals surface area (Å²) in [5.74, 6) is -0.918. The molecule has 0 aliphatic rings. The highest BCUT2D eigenvalue weighted by atomic mass is 16.3. The Morgan fingerprint density at radius 1 is 1.43 bits per heavy atom. The molecular formula is C15H16N4O2. The first-order valence-electron chi connectivity index (χ1n) is 6.37. The molecule has 0 aliphatic carbocycles. The van der Waals surface area contributed by atoms with E-state index in [1.54, 1.807) is 12.3 Å². The molecule has 0 unspecified atom stereocenters. The average molecular weight is 284 g/mol. The summed E-state index contributed by atoms with van der Waals surface area (Å²) in [5.41, 5.74) is 6.61. The molecule has 2 rings (SSSR count). The van der Waals surface area contributed by atoms with Gasteiger partial charge in [0, 0.05) is 17.7 Å². The van der Waals surface area contributed by atoms with Gasteiger partial charge in [-0.05, 0) is 12.1 Å². The Kier molecular flexibility index (Phi) is 3.44. The summed E-state index contributed by atoms with van der Waals surface area (Å²) in [4.78, 5) is 11.1. The molecule has 1 amide bonds. The number of aromatic nitrogens is 2. The molecule has 1 aromatic heterocycles. The lowest BCUT2D eigenvalue weighted by molar-refractivity contribution is 0.0998. The number of primary amides is 1. The zero-order valence-corrected chi connectivity index (χ0v) is 12.1. The largest absolute Gasteiger partial charge is 0.507 e. The van der Waals surface area contributed by atoms with Gasteiger partial charge in [0.15, 0.2) is 0 Å². The number of phenols is 1. The predicted molar refractivity (Wildman–Crippen MR) is 77.2 cm³/mol. The van der Waals surface area contributed by atoms with Gasteiger partial charge in [-0.25, -0.2) is 4.68 Å². The van der Waals surface area contributed by atoms with Crippen LogP contribution in [0.1, 0.15) is 42.4 Å². The lowest BCUT2D eigenvalue weighted by atomic mass is 9.90. The van der Waals surface area contributed by atoms with E-state index in [1.807, 2.05) is 20.8 Å². The molecule has 6 nitrogen and oxygen atoms in total. The Morgan fingerprint density at radius 3 is 2.52 bits per heavy atom. The fourth-order valence-electron chi connectivity index (χ4n) is 2.01. The van der Waals surface area contributed by atoms with Gasteiger partial charge in [0.25, 0.3) is 5.91 Å². The highest BCUT2D eigenvalue weighted by Crippen LogP contribution is 2.26. The van der Waals surface area contributed by atoms with E-state index in [0.717, 1.165) is 0 Å². The van der Waals surface area contributed by atoms with E-state index < -0.39 is 5.91 Å². The molecule has 2 aromatic rings. The van der Waals surface area contributed by atoms with E-state index in [2.05, 4.69) is 11.2 Å². The molecule has 0 aliphatic heterocycles. The predicted octanol–water partition coefficient (Wildman–Crippen LogP) is 1.85. The third-order valence-corrected chi connectivity index (χ3v) is 3.06. The topological polar surface area (TPSA) is 105 Å². The number of amides is 1. The number of rotatable bonds is 2. The van der Waals surface area contributed by atoms with Crippen LogP contribution in [0.4, 0.5) is 0 Å². The second-order valence-corrected chi connectivity index (χ2v) is 5.76. The van der Waals surface area contributed by atoms with Crippen molar-refractivity contribution in [1.29, 1.82) is 5.26 Å². The van der Waals surface area contributed by atoms with Gasteiger partial charge >= 0.3 is 0 Å². The van der Waals surface area contributed by atoms with Gasteiger partial charge in [-0.15, -0.1) is 0 Å². The molecule has 108 valence electrons. The number of nitriles is 1. The number of hydrogen-bond acceptors (Lipinski definition) is 4. The maximum Gasteiger partial charge on any atom is 0.252 e. The van der Waals surface area contributed by atoms with Gasteiger partial charge in [-0.2, -0.15) is 10.4 Å². The van der Waals surface area contributed by atoms with Crippen LogP contribution in [0.2, 0.25) is 0 Å². The first kappa shape index (κ1) is 14.6. The van der Waals surface area contributed by atoms with Crippen LogP contribution in [0, 0.1) is 11.3 Å². The maximum atomic E-state index is 11.1. The molecular weight excluding hydrogens is 268 g/mol. The fraction of sp³-hybridized carbons (Fsp3) is 0.267. The van der Waals surface area contributed by atoms with Crippen molar-refractivity contribution in [2.45, 2.75) is 26.2 Å². The lowest BCUT2D eigenvalue weighted by Gasteiger charge is -2.15. The van der Waals surface area contributed by atoms with Gasteiger partial charge in [-0.1, -0.05) is 20.8 Å². The van der Waals surface area contributed by atoms with Gasteiger partial charge in [-0.3, -0.25) is 4.79 Å². The average Bonchev–Trinajstić information content (AvgIpc) is 2.82. The summed E-state index contributed by atoms with van der Waals surface area (Å²) in [7, 11) is 0. The normalized spacial score (nSPS) is 11.1. The Labute approximate surface area is 122 Å². The first-order chi connectivity index (χ1) is 9.74. The molecule has 0 spiro atoms. The molecule has 1 aromatic carbocycles. The molecule has 3 N–H and O–H groups in total. The van der Waals surface area contributed by atoms with Crippen molar-refractivity contribution in [3.63, 3.8) is 0 Å². The van der Waals surface area contributed by atoms with Crippen LogP contribution in [-0.4, -0.2) is 20.8 Å². The number of nitrogens with zero attached hydrogens (tertiary/aromatic N) is 3. The summed E-state index contributed by atoms with van der Waals surface area (Å²) in [5, 5.41) is 23.4. The summed E-state index contributed by atoms with van der Waals surface area (Å²) in [6.45, 7) is 5.90. The second-order valence-electron chi connectivity index (χ2n) is 5.76. The first-order valence-corrected chi connectivity index (χ1v) is 6.37. The van der Waals surface area contributed by atoms with Gasteiger partial charge in [0.05, 0.1) is 22.5 Å². The lowest BCUT2D eigenvalue weighted by Crippen LogP contribution is -2.14. The minimum atomic E-state index is -0.701. The van der Waals surface area contributed by atoms with Crippen LogP contribution in [0.5, 0.6) is 5.75 Å². The zero-order valence-electron chi connectivity index (χ0n) is 12.1. The van der Waals surface area contributed by atoms with Crippen molar-refractivity contribution < 1.29 is 9.90 Å². The summed E-state index contributed by atoms with van der Waals surface area (Å²) in [6.07, 6.45) is 1.60. The Morgan fingerprint density at radius 2 is 2.10 bits per heavy atom. The van der Waals surface area contributed by atoms with Crippen molar-refractivity contribution >= 4 is 5.91 Å². The molecule has 0 bridgehead atoms. The monoisotopic (exact) mass is 284 g/mol. The molecule has 0 atom stereocenters. The third kappa shape index (κ3) is 2.72. The zero-order chi connectivity index (χ0) is 15.8. The SMILES string of the molecule is CC(C)(C)c1nn(-c2ccc(C(N)=O)c(O)c2)cc1C#N. The van der Waals surface area contributed by atoms with Gasteiger partial charge in [0.2, 0.25) is 0 Å². The van der Waals surface area contributed by atoms with Crippen LogP contribution in [0.15, 0.2) is 24.4 Å². The van der Waals surface area contributed by atoms with Crippen LogP contribution >= 0.6 is 0 Å². The van der Waals surface area contributed by atoms with Crippen molar-refractivity contribution in [3.05, 3.63) is 41.2 Å². The van der Waals surface area contributed by atoms with E-state index in [4.69, 9.17) is 5.73 Å². The summed E-state index contributed by atoms with van der Waals surface area (Å²) < 4.78 is 1.50. The molecule has 0 saturated heterocycles. The summed E-state index contributed by atoms with van der Waals surface area (Å²) in [6, 6.07) is 6.55.